The quantitative estimate of drug-likeness (QED) is 0.746. The van der Waals surface area contributed by atoms with Crippen molar-refractivity contribution in [2.24, 2.45) is 0 Å². The van der Waals surface area contributed by atoms with Crippen LogP contribution in [0.5, 0.6) is 0 Å². The minimum absolute atomic E-state index is 0.641. The molecule has 0 spiro atoms. The Labute approximate surface area is 101 Å². The lowest BCUT2D eigenvalue weighted by Gasteiger charge is -2.08. The Balaban J connectivity index is 2.35. The van der Waals surface area contributed by atoms with Gasteiger partial charge in [-0.05, 0) is 44.0 Å². The zero-order chi connectivity index (χ0) is 11.5. The lowest BCUT2D eigenvalue weighted by Crippen LogP contribution is -2.01. The van der Waals surface area contributed by atoms with Crippen LogP contribution in [0, 0.1) is 13.8 Å². The van der Waals surface area contributed by atoms with Crippen LogP contribution in [-0.2, 0) is 6.42 Å². The van der Waals surface area contributed by atoms with E-state index >= 15 is 0 Å². The molecule has 0 unspecified atom stereocenters. The topological polar surface area (TPSA) is 17.8 Å². The predicted molar refractivity (Wildman–Crippen MR) is 67.5 cm³/mol. The first-order valence-corrected chi connectivity index (χ1v) is 5.92. The highest BCUT2D eigenvalue weighted by Gasteiger charge is 2.04. The van der Waals surface area contributed by atoms with Crippen LogP contribution in [0.1, 0.15) is 17.0 Å². The van der Waals surface area contributed by atoms with Gasteiger partial charge in [0.2, 0.25) is 0 Å². The number of hydrogen-bond acceptors (Lipinski definition) is 1. The zero-order valence-electron chi connectivity index (χ0n) is 9.57. The Morgan fingerprint density at radius 3 is 2.31 bits per heavy atom. The molecule has 84 valence electrons. The van der Waals surface area contributed by atoms with Crippen LogP contribution in [0.3, 0.4) is 0 Å². The fraction of sp³-hybridized carbons (Fsp3) is 0.308. The minimum atomic E-state index is 0.641. The normalized spacial score (nSPS) is 10.7. The van der Waals surface area contributed by atoms with Crippen molar-refractivity contribution in [3.63, 3.8) is 0 Å². The van der Waals surface area contributed by atoms with E-state index < -0.39 is 0 Å². The SMILES string of the molecule is Cc1ccc(C)n1-c1ccc(CCCl)cn1. The van der Waals surface area contributed by atoms with Gasteiger partial charge in [0.1, 0.15) is 5.82 Å². The number of alkyl halides is 1. The first-order valence-electron chi connectivity index (χ1n) is 5.38. The molecular formula is C13H15ClN2. The Morgan fingerprint density at radius 2 is 1.81 bits per heavy atom. The summed E-state index contributed by atoms with van der Waals surface area (Å²) in [5, 5.41) is 0. The average Bonchev–Trinajstić information content (AvgIpc) is 2.61. The minimum Gasteiger partial charge on any atom is -0.303 e. The molecule has 2 nitrogen and oxygen atoms in total. The van der Waals surface area contributed by atoms with Crippen LogP contribution in [0.15, 0.2) is 30.5 Å². The molecule has 0 aliphatic heterocycles. The summed E-state index contributed by atoms with van der Waals surface area (Å²) >= 11 is 5.69. The van der Waals surface area contributed by atoms with Crippen molar-refractivity contribution < 1.29 is 0 Å². The molecule has 0 bridgehead atoms. The number of nitrogens with zero attached hydrogens (tertiary/aromatic N) is 2. The maximum absolute atomic E-state index is 5.69. The van der Waals surface area contributed by atoms with Crippen LogP contribution >= 0.6 is 11.6 Å². The summed E-state index contributed by atoms with van der Waals surface area (Å²) in [5.41, 5.74) is 3.59. The van der Waals surface area contributed by atoms with Gasteiger partial charge in [-0.1, -0.05) is 6.07 Å². The van der Waals surface area contributed by atoms with Gasteiger partial charge in [0.15, 0.2) is 0 Å². The third-order valence-corrected chi connectivity index (χ3v) is 2.88. The molecule has 0 saturated heterocycles. The van der Waals surface area contributed by atoms with Gasteiger partial charge in [-0.15, -0.1) is 11.6 Å². The number of aryl methyl sites for hydroxylation is 3. The lowest BCUT2D eigenvalue weighted by atomic mass is 10.2. The van der Waals surface area contributed by atoms with Crippen LogP contribution in [0.4, 0.5) is 0 Å². The highest BCUT2D eigenvalue weighted by Crippen LogP contribution is 2.14. The molecule has 0 radical (unpaired) electrons. The van der Waals surface area contributed by atoms with Gasteiger partial charge in [-0.25, -0.2) is 4.98 Å². The summed E-state index contributed by atoms with van der Waals surface area (Å²) in [5.74, 6) is 1.61. The van der Waals surface area contributed by atoms with E-state index in [1.165, 1.54) is 17.0 Å². The molecule has 2 aromatic heterocycles. The van der Waals surface area contributed by atoms with Crippen LogP contribution in [-0.4, -0.2) is 15.4 Å². The maximum Gasteiger partial charge on any atom is 0.136 e. The first-order chi connectivity index (χ1) is 7.72. The lowest BCUT2D eigenvalue weighted by molar-refractivity contribution is 0.915. The molecule has 2 heterocycles. The Bertz CT molecular complexity index is 452. The van der Waals surface area contributed by atoms with Crippen LogP contribution < -0.4 is 0 Å². The summed E-state index contributed by atoms with van der Waals surface area (Å²) in [4.78, 5) is 4.47. The third kappa shape index (κ3) is 2.12. The Morgan fingerprint density at radius 1 is 1.12 bits per heavy atom. The molecule has 2 rings (SSSR count). The highest BCUT2D eigenvalue weighted by atomic mass is 35.5. The molecule has 0 aromatic carbocycles. The average molecular weight is 235 g/mol. The molecule has 2 aromatic rings. The number of aromatic nitrogens is 2. The smallest absolute Gasteiger partial charge is 0.136 e. The number of pyridine rings is 1. The van der Waals surface area contributed by atoms with E-state index in [1.807, 2.05) is 12.3 Å². The van der Waals surface area contributed by atoms with E-state index in [2.05, 4.69) is 41.6 Å². The van der Waals surface area contributed by atoms with E-state index in [0.717, 1.165) is 12.2 Å². The summed E-state index contributed by atoms with van der Waals surface area (Å²) in [7, 11) is 0. The fourth-order valence-corrected chi connectivity index (χ4v) is 2.05. The summed E-state index contributed by atoms with van der Waals surface area (Å²) in [6.07, 6.45) is 2.77. The molecule has 0 atom stereocenters. The molecule has 0 fully saturated rings. The monoisotopic (exact) mass is 234 g/mol. The van der Waals surface area contributed by atoms with Crippen molar-refractivity contribution in [1.82, 2.24) is 9.55 Å². The fourth-order valence-electron chi connectivity index (χ4n) is 1.84. The van der Waals surface area contributed by atoms with Gasteiger partial charge in [0, 0.05) is 23.5 Å². The first kappa shape index (κ1) is 11.2. The van der Waals surface area contributed by atoms with E-state index in [-0.39, 0.29) is 0 Å². The van der Waals surface area contributed by atoms with Gasteiger partial charge in [-0.2, -0.15) is 0 Å². The second-order valence-corrected chi connectivity index (χ2v) is 4.29. The summed E-state index contributed by atoms with van der Waals surface area (Å²) in [6, 6.07) is 8.33. The molecule has 0 aliphatic rings. The molecule has 0 saturated carbocycles. The second-order valence-electron chi connectivity index (χ2n) is 3.92. The van der Waals surface area contributed by atoms with Crippen molar-refractivity contribution in [3.05, 3.63) is 47.4 Å². The van der Waals surface area contributed by atoms with Gasteiger partial charge >= 0.3 is 0 Å². The molecule has 0 N–H and O–H groups in total. The summed E-state index contributed by atoms with van der Waals surface area (Å²) < 4.78 is 2.14. The van der Waals surface area contributed by atoms with Gasteiger partial charge in [0.25, 0.3) is 0 Å². The highest BCUT2D eigenvalue weighted by molar-refractivity contribution is 6.17. The molecular weight excluding hydrogens is 220 g/mol. The van der Waals surface area contributed by atoms with Crippen molar-refractivity contribution >= 4 is 11.6 Å². The Kier molecular flexibility index (Phi) is 3.30. The van der Waals surface area contributed by atoms with Gasteiger partial charge in [0.05, 0.1) is 0 Å². The van der Waals surface area contributed by atoms with Crippen molar-refractivity contribution in [1.29, 1.82) is 0 Å². The van der Waals surface area contributed by atoms with E-state index in [0.29, 0.717) is 5.88 Å². The second kappa shape index (κ2) is 4.71. The van der Waals surface area contributed by atoms with E-state index in [9.17, 15) is 0 Å². The van der Waals surface area contributed by atoms with Gasteiger partial charge in [-0.3, -0.25) is 0 Å². The molecule has 16 heavy (non-hydrogen) atoms. The van der Waals surface area contributed by atoms with E-state index in [4.69, 9.17) is 11.6 Å². The third-order valence-electron chi connectivity index (χ3n) is 2.69. The van der Waals surface area contributed by atoms with Crippen molar-refractivity contribution in [2.45, 2.75) is 20.3 Å². The van der Waals surface area contributed by atoms with Gasteiger partial charge < -0.3 is 4.57 Å². The number of halogens is 1. The number of hydrogen-bond donors (Lipinski definition) is 0. The predicted octanol–water partition coefficient (Wildman–Crippen LogP) is 3.27. The number of rotatable bonds is 3. The standard InChI is InChI=1S/C13H15ClN2/c1-10-3-4-11(2)16(10)13-6-5-12(7-8-14)9-15-13/h3-6,9H,7-8H2,1-2H3. The molecule has 3 heteroatoms. The molecule has 0 aliphatic carbocycles. The molecule has 0 amide bonds. The summed E-state index contributed by atoms with van der Waals surface area (Å²) in [6.45, 7) is 4.17. The van der Waals surface area contributed by atoms with Crippen molar-refractivity contribution in [3.8, 4) is 5.82 Å². The Hall–Kier alpha value is -1.28. The maximum atomic E-state index is 5.69. The largest absolute Gasteiger partial charge is 0.303 e. The van der Waals surface area contributed by atoms with Crippen LogP contribution in [0.2, 0.25) is 0 Å². The van der Waals surface area contributed by atoms with Crippen LogP contribution in [0.25, 0.3) is 5.82 Å². The van der Waals surface area contributed by atoms with Crippen molar-refractivity contribution in [2.75, 3.05) is 5.88 Å². The zero-order valence-corrected chi connectivity index (χ0v) is 10.3. The van der Waals surface area contributed by atoms with E-state index in [1.54, 1.807) is 0 Å².